The van der Waals surface area contributed by atoms with Crippen molar-refractivity contribution >= 4 is 34.8 Å². The first kappa shape index (κ1) is 25.7. The summed E-state index contributed by atoms with van der Waals surface area (Å²) in [7, 11) is 1.55. The average Bonchev–Trinajstić information content (AvgIpc) is 2.88. The van der Waals surface area contributed by atoms with E-state index in [0.717, 1.165) is 0 Å². The zero-order valence-corrected chi connectivity index (χ0v) is 19.3. The van der Waals surface area contributed by atoms with Gasteiger partial charge in [-0.15, -0.1) is 0 Å². The van der Waals surface area contributed by atoms with Gasteiger partial charge in [0.1, 0.15) is 5.75 Å². The van der Waals surface area contributed by atoms with E-state index >= 15 is 0 Å². The Labute approximate surface area is 206 Å². The molecule has 36 heavy (non-hydrogen) atoms. The van der Waals surface area contributed by atoms with Crippen LogP contribution in [0.5, 0.6) is 17.2 Å². The van der Waals surface area contributed by atoms with E-state index in [4.69, 9.17) is 14.2 Å². The van der Waals surface area contributed by atoms with Crippen molar-refractivity contribution in [2.24, 2.45) is 0 Å². The number of esters is 1. The Morgan fingerprint density at radius 1 is 0.833 bits per heavy atom. The summed E-state index contributed by atoms with van der Waals surface area (Å²) in [5, 5.41) is 15.8. The van der Waals surface area contributed by atoms with Crippen molar-refractivity contribution in [3.05, 3.63) is 82.9 Å². The van der Waals surface area contributed by atoms with Gasteiger partial charge in [0.15, 0.2) is 18.1 Å². The maximum Gasteiger partial charge on any atom is 0.306 e. The summed E-state index contributed by atoms with van der Waals surface area (Å²) in [5.74, 6) is -0.128. The lowest BCUT2D eigenvalue weighted by atomic mass is 10.2. The van der Waals surface area contributed by atoms with Crippen LogP contribution < -0.4 is 20.1 Å². The molecule has 0 heterocycles. The molecule has 0 aromatic heterocycles. The van der Waals surface area contributed by atoms with E-state index < -0.39 is 29.3 Å². The molecule has 3 aromatic carbocycles. The minimum absolute atomic E-state index is 0.148. The molecule has 186 valence electrons. The molecule has 0 saturated carbocycles. The second kappa shape index (κ2) is 12.5. The first-order valence-electron chi connectivity index (χ1n) is 10.7. The van der Waals surface area contributed by atoms with Gasteiger partial charge in [0.05, 0.1) is 18.5 Å². The summed E-state index contributed by atoms with van der Waals surface area (Å²) in [6.07, 6.45) is -0.379. The molecule has 0 aliphatic heterocycles. The Balaban J connectivity index is 1.39. The minimum atomic E-state index is -0.736. The van der Waals surface area contributed by atoms with Gasteiger partial charge in [0.2, 0.25) is 5.91 Å². The van der Waals surface area contributed by atoms with E-state index in [2.05, 4.69) is 10.6 Å². The third-order valence-electron chi connectivity index (χ3n) is 4.70. The number of rotatable bonds is 11. The van der Waals surface area contributed by atoms with E-state index in [-0.39, 0.29) is 24.2 Å². The van der Waals surface area contributed by atoms with Crippen molar-refractivity contribution in [3.8, 4) is 17.2 Å². The van der Waals surface area contributed by atoms with Gasteiger partial charge in [-0.05, 0) is 42.5 Å². The molecule has 3 rings (SSSR count). The first-order chi connectivity index (χ1) is 17.3. The fourth-order valence-corrected chi connectivity index (χ4v) is 2.99. The maximum atomic E-state index is 12.1. The number of hydrogen-bond acceptors (Lipinski definition) is 8. The van der Waals surface area contributed by atoms with E-state index in [1.54, 1.807) is 43.5 Å². The van der Waals surface area contributed by atoms with Crippen LogP contribution in [0.4, 0.5) is 17.1 Å². The minimum Gasteiger partial charge on any atom is -0.493 e. The Kier molecular flexibility index (Phi) is 8.93. The van der Waals surface area contributed by atoms with Crippen molar-refractivity contribution in [1.29, 1.82) is 0 Å². The average molecular weight is 493 g/mol. The fraction of sp³-hybridized carbons (Fsp3) is 0.160. The first-order valence-corrected chi connectivity index (χ1v) is 10.7. The zero-order chi connectivity index (χ0) is 25.9. The van der Waals surface area contributed by atoms with Crippen LogP contribution in [0, 0.1) is 10.1 Å². The smallest absolute Gasteiger partial charge is 0.306 e. The largest absolute Gasteiger partial charge is 0.493 e. The number of carbonyl (C=O) groups is 3. The second-order valence-corrected chi connectivity index (χ2v) is 7.34. The monoisotopic (exact) mass is 493 g/mol. The van der Waals surface area contributed by atoms with Crippen LogP contribution in [0.2, 0.25) is 0 Å². The molecule has 2 N–H and O–H groups in total. The van der Waals surface area contributed by atoms with Crippen molar-refractivity contribution in [1.82, 2.24) is 0 Å². The van der Waals surface area contributed by atoms with Crippen molar-refractivity contribution in [3.63, 3.8) is 0 Å². The van der Waals surface area contributed by atoms with Crippen molar-refractivity contribution in [2.45, 2.75) is 12.8 Å². The number of nitro groups is 1. The summed E-state index contributed by atoms with van der Waals surface area (Å²) in [5.41, 5.74) is 0.524. The lowest BCUT2D eigenvalue weighted by molar-refractivity contribution is -0.384. The molecule has 2 amide bonds. The number of amides is 2. The van der Waals surface area contributed by atoms with Gasteiger partial charge >= 0.3 is 5.97 Å². The Morgan fingerprint density at radius 2 is 1.53 bits per heavy atom. The summed E-state index contributed by atoms with van der Waals surface area (Å²) in [6, 6.07) is 19.2. The van der Waals surface area contributed by atoms with Gasteiger partial charge in [-0.2, -0.15) is 0 Å². The molecule has 0 bridgehead atoms. The third-order valence-corrected chi connectivity index (χ3v) is 4.70. The highest BCUT2D eigenvalue weighted by molar-refractivity contribution is 5.94. The highest BCUT2D eigenvalue weighted by Crippen LogP contribution is 2.31. The molecule has 0 fully saturated rings. The molecule has 11 heteroatoms. The van der Waals surface area contributed by atoms with Gasteiger partial charge < -0.3 is 24.8 Å². The Bertz CT molecular complexity index is 1240. The van der Waals surface area contributed by atoms with Gasteiger partial charge in [-0.3, -0.25) is 24.5 Å². The standard InChI is InChI=1S/C25H23N3O8/c1-34-21-7-2-3-8-22(21)36-20-11-9-17(10-12-20)26-23(29)13-14-25(31)35-16-24(30)27-18-5-4-6-19(15-18)28(32)33/h2-12,15H,13-14,16H2,1H3,(H,26,29)(H,27,30). The van der Waals surface area contributed by atoms with Gasteiger partial charge in [0.25, 0.3) is 11.6 Å². The number of hydrogen-bond donors (Lipinski definition) is 2. The van der Waals surface area contributed by atoms with E-state index in [1.165, 1.54) is 24.3 Å². The van der Waals surface area contributed by atoms with Crippen LogP contribution in [-0.4, -0.2) is 36.4 Å². The predicted octanol–water partition coefficient (Wildman–Crippen LogP) is 4.30. The Morgan fingerprint density at radius 3 is 2.22 bits per heavy atom. The number of non-ortho nitro benzene ring substituents is 1. The molecular formula is C25H23N3O8. The number of ether oxygens (including phenoxy) is 3. The van der Waals surface area contributed by atoms with Crippen molar-refractivity contribution < 1.29 is 33.5 Å². The quantitative estimate of drug-likeness (QED) is 0.228. The predicted molar refractivity (Wildman–Crippen MR) is 130 cm³/mol. The normalized spacial score (nSPS) is 10.1. The summed E-state index contributed by atoms with van der Waals surface area (Å²) in [4.78, 5) is 46.1. The van der Waals surface area contributed by atoms with Gasteiger partial charge in [-0.25, -0.2) is 0 Å². The highest BCUT2D eigenvalue weighted by Gasteiger charge is 2.13. The molecule has 3 aromatic rings. The third kappa shape index (κ3) is 7.83. The van der Waals surface area contributed by atoms with Crippen molar-refractivity contribution in [2.75, 3.05) is 24.4 Å². The lowest BCUT2D eigenvalue weighted by Gasteiger charge is -2.11. The SMILES string of the molecule is COc1ccccc1Oc1ccc(NC(=O)CCC(=O)OCC(=O)Nc2cccc([N+](=O)[O-])c2)cc1. The van der Waals surface area contributed by atoms with E-state index in [1.807, 2.05) is 12.1 Å². The summed E-state index contributed by atoms with van der Waals surface area (Å²) < 4.78 is 15.9. The number of nitrogens with one attached hydrogen (secondary N) is 2. The molecule has 0 atom stereocenters. The fourth-order valence-electron chi connectivity index (χ4n) is 2.99. The number of nitro benzene ring substituents is 1. The number of carbonyl (C=O) groups excluding carboxylic acids is 3. The summed E-state index contributed by atoms with van der Waals surface area (Å²) in [6.45, 7) is -0.587. The number of benzene rings is 3. The number of anilines is 2. The maximum absolute atomic E-state index is 12.1. The molecule has 0 saturated heterocycles. The second-order valence-electron chi connectivity index (χ2n) is 7.34. The molecule has 0 aliphatic rings. The molecule has 0 radical (unpaired) electrons. The lowest BCUT2D eigenvalue weighted by Crippen LogP contribution is -2.21. The molecule has 0 aliphatic carbocycles. The number of methoxy groups -OCH3 is 1. The molecule has 0 unspecified atom stereocenters. The van der Waals surface area contributed by atoms with Crippen LogP contribution in [0.25, 0.3) is 0 Å². The van der Waals surface area contributed by atoms with Crippen LogP contribution in [-0.2, 0) is 19.1 Å². The molecule has 11 nitrogen and oxygen atoms in total. The van der Waals surface area contributed by atoms with E-state index in [9.17, 15) is 24.5 Å². The number of nitrogens with zero attached hydrogens (tertiary/aromatic N) is 1. The van der Waals surface area contributed by atoms with E-state index in [0.29, 0.717) is 22.9 Å². The van der Waals surface area contributed by atoms with Crippen LogP contribution in [0.1, 0.15) is 12.8 Å². The Hall–Kier alpha value is -4.93. The number of para-hydroxylation sites is 2. The molecule has 0 spiro atoms. The van der Waals surface area contributed by atoms with Crippen LogP contribution >= 0.6 is 0 Å². The topological polar surface area (TPSA) is 146 Å². The summed E-state index contributed by atoms with van der Waals surface area (Å²) >= 11 is 0. The zero-order valence-electron chi connectivity index (χ0n) is 19.3. The van der Waals surface area contributed by atoms with Crippen LogP contribution in [0.15, 0.2) is 72.8 Å². The van der Waals surface area contributed by atoms with Gasteiger partial charge in [-0.1, -0.05) is 18.2 Å². The highest BCUT2D eigenvalue weighted by atomic mass is 16.6. The molecular weight excluding hydrogens is 470 g/mol. The van der Waals surface area contributed by atoms with Crippen LogP contribution in [0.3, 0.4) is 0 Å². The van der Waals surface area contributed by atoms with Gasteiger partial charge in [0, 0.05) is 29.9 Å².